The highest BCUT2D eigenvalue weighted by Crippen LogP contribution is 2.37. The largest absolute Gasteiger partial charge is 0.339 e. The van der Waals surface area contributed by atoms with E-state index in [1.54, 1.807) is 16.2 Å². The number of hydrogen-bond acceptors (Lipinski definition) is 6. The second-order valence-corrected chi connectivity index (χ2v) is 9.39. The van der Waals surface area contributed by atoms with Gasteiger partial charge in [-0.3, -0.25) is 4.79 Å². The molecular weight excluding hydrogens is 434 g/mol. The third kappa shape index (κ3) is 3.43. The average molecular weight is 456 g/mol. The molecule has 0 aliphatic carbocycles. The molecule has 1 saturated heterocycles. The predicted molar refractivity (Wildman–Crippen MR) is 128 cm³/mol. The lowest BCUT2D eigenvalue weighted by Gasteiger charge is -2.16. The van der Waals surface area contributed by atoms with Gasteiger partial charge in [0.25, 0.3) is 0 Å². The van der Waals surface area contributed by atoms with Crippen LogP contribution in [0.3, 0.4) is 0 Å². The van der Waals surface area contributed by atoms with Gasteiger partial charge in [0.1, 0.15) is 4.83 Å². The Labute approximate surface area is 194 Å². The SMILES string of the molecule is Cc1ccc(N2C[C@@H](c3nc(-c4cc5c(C)nn(-c6ccccc6)c5s4)no3)CC2=O)cc1. The number of aryl methyl sites for hydroxylation is 2. The Bertz CT molecular complexity index is 1470. The maximum atomic E-state index is 12.6. The highest BCUT2D eigenvalue weighted by molar-refractivity contribution is 7.21. The van der Waals surface area contributed by atoms with Crippen LogP contribution in [0.25, 0.3) is 26.6 Å². The number of carbonyl (C=O) groups excluding carboxylic acids is 1. The van der Waals surface area contributed by atoms with E-state index in [9.17, 15) is 4.79 Å². The van der Waals surface area contributed by atoms with E-state index in [0.29, 0.717) is 24.7 Å². The summed E-state index contributed by atoms with van der Waals surface area (Å²) in [5, 5.41) is 10.0. The Hall–Kier alpha value is -3.78. The molecule has 0 spiro atoms. The van der Waals surface area contributed by atoms with E-state index >= 15 is 0 Å². The molecular formula is C25H21N5O2S. The minimum atomic E-state index is -0.115. The molecule has 0 bridgehead atoms. The van der Waals surface area contributed by atoms with Crippen molar-refractivity contribution in [3.8, 4) is 16.4 Å². The van der Waals surface area contributed by atoms with Gasteiger partial charge in [0.05, 0.1) is 22.2 Å². The van der Waals surface area contributed by atoms with Crippen LogP contribution in [0, 0.1) is 13.8 Å². The van der Waals surface area contributed by atoms with Gasteiger partial charge >= 0.3 is 0 Å². The van der Waals surface area contributed by atoms with Gasteiger partial charge in [0.2, 0.25) is 17.6 Å². The van der Waals surface area contributed by atoms with Crippen molar-refractivity contribution in [1.82, 2.24) is 19.9 Å². The van der Waals surface area contributed by atoms with Crippen molar-refractivity contribution in [2.75, 3.05) is 11.4 Å². The van der Waals surface area contributed by atoms with Crippen LogP contribution in [-0.2, 0) is 4.79 Å². The molecule has 1 aliphatic heterocycles. The molecule has 4 heterocycles. The summed E-state index contributed by atoms with van der Waals surface area (Å²) in [6, 6.07) is 20.1. The van der Waals surface area contributed by atoms with Crippen LogP contribution >= 0.6 is 11.3 Å². The summed E-state index contributed by atoms with van der Waals surface area (Å²) in [7, 11) is 0. The third-order valence-corrected chi connectivity index (χ3v) is 7.13. The molecule has 33 heavy (non-hydrogen) atoms. The number of rotatable bonds is 4. The van der Waals surface area contributed by atoms with Gasteiger partial charge < -0.3 is 9.42 Å². The van der Waals surface area contributed by atoms with Gasteiger partial charge in [0.15, 0.2) is 0 Å². The normalized spacial score (nSPS) is 16.2. The summed E-state index contributed by atoms with van der Waals surface area (Å²) in [6.45, 7) is 4.58. The third-order valence-electron chi connectivity index (χ3n) is 6.03. The van der Waals surface area contributed by atoms with Crippen LogP contribution in [0.1, 0.15) is 29.5 Å². The van der Waals surface area contributed by atoms with Crippen molar-refractivity contribution in [3.63, 3.8) is 0 Å². The zero-order valence-corrected chi connectivity index (χ0v) is 19.0. The number of anilines is 1. The van der Waals surface area contributed by atoms with E-state index in [1.165, 1.54) is 0 Å². The molecule has 0 radical (unpaired) electrons. The molecule has 0 saturated carbocycles. The van der Waals surface area contributed by atoms with Crippen LogP contribution in [0.15, 0.2) is 65.2 Å². The fraction of sp³-hybridized carbons (Fsp3) is 0.200. The molecule has 3 aromatic heterocycles. The zero-order valence-electron chi connectivity index (χ0n) is 18.2. The van der Waals surface area contributed by atoms with Gasteiger partial charge in [-0.25, -0.2) is 4.68 Å². The lowest BCUT2D eigenvalue weighted by Crippen LogP contribution is -2.24. The second-order valence-electron chi connectivity index (χ2n) is 8.36. The Morgan fingerprint density at radius 3 is 2.61 bits per heavy atom. The Morgan fingerprint density at radius 2 is 1.82 bits per heavy atom. The summed E-state index contributed by atoms with van der Waals surface area (Å²) in [4.78, 5) is 21.1. The van der Waals surface area contributed by atoms with Crippen LogP contribution < -0.4 is 4.90 Å². The molecule has 0 N–H and O–H groups in total. The number of carbonyl (C=O) groups is 1. The fourth-order valence-electron chi connectivity index (χ4n) is 4.25. The van der Waals surface area contributed by atoms with Crippen molar-refractivity contribution in [2.45, 2.75) is 26.2 Å². The number of thiophene rings is 1. The first-order valence-corrected chi connectivity index (χ1v) is 11.6. The van der Waals surface area contributed by atoms with Crippen molar-refractivity contribution in [1.29, 1.82) is 0 Å². The van der Waals surface area contributed by atoms with Crippen molar-refractivity contribution < 1.29 is 9.32 Å². The number of para-hydroxylation sites is 1. The van der Waals surface area contributed by atoms with E-state index in [-0.39, 0.29) is 11.8 Å². The molecule has 1 aliphatic rings. The summed E-state index contributed by atoms with van der Waals surface area (Å²) >= 11 is 1.59. The Kier molecular flexibility index (Phi) is 4.62. The Morgan fingerprint density at radius 1 is 1.03 bits per heavy atom. The van der Waals surface area contributed by atoms with Gasteiger partial charge in [-0.15, -0.1) is 11.3 Å². The molecule has 1 atom stereocenters. The first-order chi connectivity index (χ1) is 16.1. The lowest BCUT2D eigenvalue weighted by molar-refractivity contribution is -0.117. The van der Waals surface area contributed by atoms with E-state index in [0.717, 1.165) is 37.7 Å². The maximum Gasteiger partial charge on any atom is 0.232 e. The molecule has 8 heteroatoms. The molecule has 1 fully saturated rings. The van der Waals surface area contributed by atoms with Gasteiger partial charge in [-0.2, -0.15) is 10.1 Å². The number of aromatic nitrogens is 4. The summed E-state index contributed by atoms with van der Waals surface area (Å²) < 4.78 is 7.57. The van der Waals surface area contributed by atoms with Crippen LogP contribution in [0.2, 0.25) is 0 Å². The van der Waals surface area contributed by atoms with E-state index in [4.69, 9.17) is 9.62 Å². The van der Waals surface area contributed by atoms with Gasteiger partial charge in [-0.05, 0) is 44.2 Å². The summed E-state index contributed by atoms with van der Waals surface area (Å²) in [5.74, 6) is 1.01. The second kappa shape index (κ2) is 7.67. The summed E-state index contributed by atoms with van der Waals surface area (Å²) in [6.07, 6.45) is 0.365. The number of amides is 1. The van der Waals surface area contributed by atoms with Crippen molar-refractivity contribution >= 4 is 33.1 Å². The first-order valence-electron chi connectivity index (χ1n) is 10.8. The predicted octanol–water partition coefficient (Wildman–Crippen LogP) is 5.27. The standard InChI is InChI=1S/C25H21N5O2S/c1-15-8-10-18(11-9-15)29-14-17(12-22(29)31)24-26-23(28-32-24)21-13-20-16(2)27-30(25(20)33-21)19-6-4-3-5-7-19/h3-11,13,17H,12,14H2,1-2H3/t17-/m0/s1. The quantitative estimate of drug-likeness (QED) is 0.369. The van der Waals surface area contributed by atoms with Gasteiger partial charge in [-0.1, -0.05) is 41.1 Å². The highest BCUT2D eigenvalue weighted by Gasteiger charge is 2.35. The van der Waals surface area contributed by atoms with Crippen LogP contribution in [0.5, 0.6) is 0 Å². The smallest absolute Gasteiger partial charge is 0.232 e. The molecule has 6 rings (SSSR count). The summed E-state index contributed by atoms with van der Waals surface area (Å²) in [5.41, 5.74) is 4.03. The van der Waals surface area contributed by atoms with E-state index < -0.39 is 0 Å². The number of hydrogen-bond donors (Lipinski definition) is 0. The van der Waals surface area contributed by atoms with Crippen molar-refractivity contribution in [3.05, 3.63) is 77.8 Å². The van der Waals surface area contributed by atoms with Gasteiger partial charge in [0, 0.05) is 24.0 Å². The average Bonchev–Trinajstić information content (AvgIpc) is 3.59. The van der Waals surface area contributed by atoms with Crippen LogP contribution in [-0.4, -0.2) is 32.4 Å². The van der Waals surface area contributed by atoms with Crippen LogP contribution in [0.4, 0.5) is 5.69 Å². The van der Waals surface area contributed by atoms with E-state index in [2.05, 4.69) is 16.2 Å². The molecule has 0 unspecified atom stereocenters. The number of fused-ring (bicyclic) bond motifs is 1. The highest BCUT2D eigenvalue weighted by atomic mass is 32.1. The molecule has 164 valence electrons. The molecule has 2 aromatic carbocycles. The maximum absolute atomic E-state index is 12.6. The minimum Gasteiger partial charge on any atom is -0.339 e. The van der Waals surface area contributed by atoms with E-state index in [1.807, 2.05) is 73.1 Å². The topological polar surface area (TPSA) is 77.1 Å². The number of benzene rings is 2. The Balaban J connectivity index is 1.29. The molecule has 1 amide bonds. The monoisotopic (exact) mass is 455 g/mol. The van der Waals surface area contributed by atoms with Crippen molar-refractivity contribution in [2.24, 2.45) is 0 Å². The molecule has 5 aromatic rings. The minimum absolute atomic E-state index is 0.0732. The first kappa shape index (κ1) is 19.9. The fourth-order valence-corrected chi connectivity index (χ4v) is 5.36. The molecule has 7 nitrogen and oxygen atoms in total. The number of nitrogens with zero attached hydrogens (tertiary/aromatic N) is 5. The lowest BCUT2D eigenvalue weighted by atomic mass is 10.1. The zero-order chi connectivity index (χ0) is 22.5.